The highest BCUT2D eigenvalue weighted by atomic mass is 32.2. The summed E-state index contributed by atoms with van der Waals surface area (Å²) >= 11 is 1.29. The second-order valence-corrected chi connectivity index (χ2v) is 8.15. The Kier molecular flexibility index (Phi) is 6.65. The van der Waals surface area contributed by atoms with E-state index < -0.39 is 4.92 Å². The average Bonchev–Trinajstić information content (AvgIpc) is 2.58. The highest BCUT2D eigenvalue weighted by Crippen LogP contribution is 2.28. The number of nitrogens with zero attached hydrogens (tertiary/aromatic N) is 2. The van der Waals surface area contributed by atoms with Crippen LogP contribution in [0.2, 0.25) is 0 Å². The van der Waals surface area contributed by atoms with Crippen LogP contribution in [0.4, 0.5) is 5.69 Å². The Balaban J connectivity index is 2.05. The second kappa shape index (κ2) is 8.37. The van der Waals surface area contributed by atoms with E-state index in [1.165, 1.54) is 17.8 Å². The summed E-state index contributed by atoms with van der Waals surface area (Å²) < 4.78 is 5.77. The third kappa shape index (κ3) is 4.96. The fourth-order valence-corrected chi connectivity index (χ4v) is 3.70. The Morgan fingerprint density at radius 3 is 2.54 bits per heavy atom. The summed E-state index contributed by atoms with van der Waals surface area (Å²) in [4.78, 5) is 26.1. The summed E-state index contributed by atoms with van der Waals surface area (Å²) in [6.07, 6.45) is 2.07. The summed E-state index contributed by atoms with van der Waals surface area (Å²) in [7, 11) is 0. The summed E-state index contributed by atoms with van der Waals surface area (Å²) in [6.45, 7) is 10.3. The molecule has 0 radical (unpaired) electrons. The van der Waals surface area contributed by atoms with Crippen LogP contribution in [0.15, 0.2) is 23.1 Å². The number of nitro benzene ring substituents is 1. The summed E-state index contributed by atoms with van der Waals surface area (Å²) in [5, 5.41) is 14.1. The molecule has 1 aromatic carbocycles. The molecule has 1 heterocycles. The first-order valence-electron chi connectivity index (χ1n) is 8.65. The van der Waals surface area contributed by atoms with Crippen molar-refractivity contribution in [3.63, 3.8) is 0 Å². The SMILES string of the molecule is CSc1ccc(C(=O)NCC(C)(C)N2C[C@@H](C)O[C@H](C)C2)cc1[N+](=O)[O-]. The van der Waals surface area contributed by atoms with Gasteiger partial charge in [-0.05, 0) is 46.1 Å². The van der Waals surface area contributed by atoms with Crippen molar-refractivity contribution < 1.29 is 14.5 Å². The predicted octanol–water partition coefficient (Wildman–Crippen LogP) is 2.93. The number of morpholine rings is 1. The van der Waals surface area contributed by atoms with Crippen LogP contribution in [0.3, 0.4) is 0 Å². The molecule has 1 fully saturated rings. The number of rotatable bonds is 6. The van der Waals surface area contributed by atoms with Crippen molar-refractivity contribution >= 4 is 23.4 Å². The zero-order chi connectivity index (χ0) is 19.5. The molecule has 1 N–H and O–H groups in total. The molecule has 8 heteroatoms. The first kappa shape index (κ1) is 20.7. The number of amides is 1. The lowest BCUT2D eigenvalue weighted by Crippen LogP contribution is -2.58. The molecule has 0 aliphatic carbocycles. The van der Waals surface area contributed by atoms with Gasteiger partial charge < -0.3 is 10.1 Å². The van der Waals surface area contributed by atoms with E-state index in [-0.39, 0.29) is 29.3 Å². The molecule has 1 aromatic rings. The van der Waals surface area contributed by atoms with Gasteiger partial charge in [-0.1, -0.05) is 0 Å². The van der Waals surface area contributed by atoms with E-state index in [1.54, 1.807) is 18.4 Å². The van der Waals surface area contributed by atoms with E-state index in [4.69, 9.17) is 4.74 Å². The van der Waals surface area contributed by atoms with E-state index in [2.05, 4.69) is 24.1 Å². The van der Waals surface area contributed by atoms with Crippen LogP contribution in [0.5, 0.6) is 0 Å². The second-order valence-electron chi connectivity index (χ2n) is 7.30. The molecular formula is C18H27N3O4S. The molecule has 144 valence electrons. The number of hydrogen-bond acceptors (Lipinski definition) is 6. The number of benzene rings is 1. The summed E-state index contributed by atoms with van der Waals surface area (Å²) in [5.41, 5.74) is 0.0156. The van der Waals surface area contributed by atoms with Crippen LogP contribution >= 0.6 is 11.8 Å². The van der Waals surface area contributed by atoms with Gasteiger partial charge in [0, 0.05) is 36.8 Å². The van der Waals surface area contributed by atoms with Gasteiger partial charge in [0.2, 0.25) is 0 Å². The number of nitro groups is 1. The Hall–Kier alpha value is -1.64. The predicted molar refractivity (Wildman–Crippen MR) is 103 cm³/mol. The van der Waals surface area contributed by atoms with E-state index in [9.17, 15) is 14.9 Å². The molecule has 1 amide bonds. The minimum absolute atomic E-state index is 0.0414. The number of ether oxygens (including phenoxy) is 1. The fourth-order valence-electron chi connectivity index (χ4n) is 3.16. The Bertz CT molecular complexity index is 670. The van der Waals surface area contributed by atoms with Crippen LogP contribution in [0.1, 0.15) is 38.1 Å². The summed E-state index contributed by atoms with van der Waals surface area (Å²) in [6, 6.07) is 4.58. The van der Waals surface area contributed by atoms with Crippen molar-refractivity contribution in [1.29, 1.82) is 0 Å². The van der Waals surface area contributed by atoms with Crippen molar-refractivity contribution in [3.05, 3.63) is 33.9 Å². The number of thioether (sulfide) groups is 1. The van der Waals surface area contributed by atoms with Crippen molar-refractivity contribution in [2.45, 2.75) is 50.3 Å². The molecule has 7 nitrogen and oxygen atoms in total. The molecule has 0 aromatic heterocycles. The van der Waals surface area contributed by atoms with Gasteiger partial charge in [0.25, 0.3) is 11.6 Å². The number of carbonyl (C=O) groups excluding carboxylic acids is 1. The molecule has 26 heavy (non-hydrogen) atoms. The van der Waals surface area contributed by atoms with Crippen LogP contribution in [0.25, 0.3) is 0 Å². The standard InChI is InChI=1S/C18H27N3O4S/c1-12-9-20(10-13(2)25-12)18(3,4)11-19-17(22)14-6-7-16(26-5)15(8-14)21(23)24/h6-8,12-13H,9-11H2,1-5H3,(H,19,22)/t12-,13-/m1/s1. The lowest BCUT2D eigenvalue weighted by Gasteiger charge is -2.45. The zero-order valence-corrected chi connectivity index (χ0v) is 16.8. The van der Waals surface area contributed by atoms with E-state index in [0.717, 1.165) is 13.1 Å². The van der Waals surface area contributed by atoms with Crippen molar-refractivity contribution in [2.75, 3.05) is 25.9 Å². The highest BCUT2D eigenvalue weighted by Gasteiger charge is 2.33. The highest BCUT2D eigenvalue weighted by molar-refractivity contribution is 7.98. The molecule has 1 aliphatic rings. The van der Waals surface area contributed by atoms with E-state index in [1.807, 2.05) is 13.8 Å². The van der Waals surface area contributed by atoms with Crippen LogP contribution < -0.4 is 5.32 Å². The Morgan fingerprint density at radius 1 is 1.38 bits per heavy atom. The third-order valence-electron chi connectivity index (χ3n) is 4.59. The van der Waals surface area contributed by atoms with Crippen LogP contribution in [-0.4, -0.2) is 59.4 Å². The summed E-state index contributed by atoms with van der Waals surface area (Å²) in [5.74, 6) is -0.303. The van der Waals surface area contributed by atoms with Gasteiger partial charge in [-0.2, -0.15) is 0 Å². The lowest BCUT2D eigenvalue weighted by molar-refractivity contribution is -0.387. The molecule has 2 atom stereocenters. The maximum Gasteiger partial charge on any atom is 0.283 e. The monoisotopic (exact) mass is 381 g/mol. The van der Waals surface area contributed by atoms with Gasteiger partial charge in [-0.15, -0.1) is 11.8 Å². The van der Waals surface area contributed by atoms with E-state index >= 15 is 0 Å². The maximum absolute atomic E-state index is 12.5. The topological polar surface area (TPSA) is 84.7 Å². The molecule has 0 unspecified atom stereocenters. The first-order valence-corrected chi connectivity index (χ1v) is 9.87. The quantitative estimate of drug-likeness (QED) is 0.463. The smallest absolute Gasteiger partial charge is 0.283 e. The molecule has 0 saturated carbocycles. The average molecular weight is 381 g/mol. The van der Waals surface area contributed by atoms with Crippen molar-refractivity contribution in [3.8, 4) is 0 Å². The Labute approximate surface area is 158 Å². The third-order valence-corrected chi connectivity index (χ3v) is 5.38. The van der Waals surface area contributed by atoms with Crippen molar-refractivity contribution in [1.82, 2.24) is 10.2 Å². The van der Waals surface area contributed by atoms with Crippen molar-refractivity contribution in [2.24, 2.45) is 0 Å². The minimum Gasteiger partial charge on any atom is -0.373 e. The molecule has 1 saturated heterocycles. The normalized spacial score (nSPS) is 21.4. The maximum atomic E-state index is 12.5. The van der Waals surface area contributed by atoms with Gasteiger partial charge in [0.05, 0.1) is 22.0 Å². The van der Waals surface area contributed by atoms with Crippen LogP contribution in [-0.2, 0) is 4.74 Å². The molecule has 1 aliphatic heterocycles. The number of hydrogen-bond donors (Lipinski definition) is 1. The molecule has 2 rings (SSSR count). The van der Waals surface area contributed by atoms with Crippen LogP contribution in [0, 0.1) is 10.1 Å². The first-order chi connectivity index (χ1) is 12.1. The molecule has 0 bridgehead atoms. The minimum atomic E-state index is -0.455. The number of nitrogens with one attached hydrogen (secondary N) is 1. The van der Waals surface area contributed by atoms with Gasteiger partial charge >= 0.3 is 0 Å². The molecule has 0 spiro atoms. The number of carbonyl (C=O) groups is 1. The van der Waals surface area contributed by atoms with E-state index in [0.29, 0.717) is 17.0 Å². The fraction of sp³-hybridized carbons (Fsp3) is 0.611. The molecular weight excluding hydrogens is 354 g/mol. The lowest BCUT2D eigenvalue weighted by atomic mass is 10.00. The van der Waals surface area contributed by atoms with Gasteiger partial charge in [0.15, 0.2) is 0 Å². The largest absolute Gasteiger partial charge is 0.373 e. The zero-order valence-electron chi connectivity index (χ0n) is 15.9. The Morgan fingerprint density at radius 2 is 2.00 bits per heavy atom. The van der Waals surface area contributed by atoms with Gasteiger partial charge in [0.1, 0.15) is 0 Å². The van der Waals surface area contributed by atoms with Gasteiger partial charge in [-0.3, -0.25) is 19.8 Å². The van der Waals surface area contributed by atoms with Gasteiger partial charge in [-0.25, -0.2) is 0 Å².